The van der Waals surface area contributed by atoms with Crippen molar-refractivity contribution in [3.05, 3.63) is 29.8 Å². The molecule has 2 N–H and O–H groups in total. The molecule has 0 aliphatic carbocycles. The number of carbonyl (C=O) groups excluding carboxylic acids is 1. The van der Waals surface area contributed by atoms with Crippen LogP contribution in [0.3, 0.4) is 0 Å². The Hall–Kier alpha value is -1.01. The lowest BCUT2D eigenvalue weighted by molar-refractivity contribution is 0.0954. The van der Waals surface area contributed by atoms with Gasteiger partial charge in [-0.2, -0.15) is 0 Å². The van der Waals surface area contributed by atoms with Crippen LogP contribution in [0.4, 0.5) is 5.69 Å². The van der Waals surface area contributed by atoms with Crippen molar-refractivity contribution in [2.75, 3.05) is 51.2 Å². The highest BCUT2D eigenvalue weighted by Gasteiger charge is 2.19. The first-order chi connectivity index (χ1) is 10.6. The SMILES string of the molecule is CNCCNC(=O)c1ccc(N2CCN(C(C)C)CC2)cc1.Cl.Cl. The van der Waals surface area contributed by atoms with Gasteiger partial charge in [0.1, 0.15) is 0 Å². The largest absolute Gasteiger partial charge is 0.369 e. The van der Waals surface area contributed by atoms with E-state index in [9.17, 15) is 4.79 Å². The highest BCUT2D eigenvalue weighted by molar-refractivity contribution is 5.94. The second-order valence-electron chi connectivity index (χ2n) is 6.02. The van der Waals surface area contributed by atoms with Gasteiger partial charge in [0, 0.05) is 56.6 Å². The fraction of sp³-hybridized carbons (Fsp3) is 0.588. The summed E-state index contributed by atoms with van der Waals surface area (Å²) >= 11 is 0. The quantitative estimate of drug-likeness (QED) is 0.745. The number of nitrogens with zero attached hydrogens (tertiary/aromatic N) is 2. The minimum Gasteiger partial charge on any atom is -0.369 e. The predicted octanol–water partition coefficient (Wildman–Crippen LogP) is 2.01. The summed E-state index contributed by atoms with van der Waals surface area (Å²) in [6.07, 6.45) is 0. The predicted molar refractivity (Wildman–Crippen MR) is 106 cm³/mol. The fourth-order valence-electron chi connectivity index (χ4n) is 2.72. The number of nitrogens with one attached hydrogen (secondary N) is 2. The van der Waals surface area contributed by atoms with E-state index in [1.807, 2.05) is 19.2 Å². The van der Waals surface area contributed by atoms with E-state index in [-0.39, 0.29) is 30.7 Å². The van der Waals surface area contributed by atoms with Gasteiger partial charge in [-0.05, 0) is 45.2 Å². The molecule has 0 bridgehead atoms. The molecule has 0 saturated carbocycles. The molecular weight excluding hydrogens is 347 g/mol. The van der Waals surface area contributed by atoms with Crippen LogP contribution in [0.25, 0.3) is 0 Å². The Balaban J connectivity index is 0.00000264. The van der Waals surface area contributed by atoms with E-state index >= 15 is 0 Å². The number of anilines is 1. The van der Waals surface area contributed by atoms with Gasteiger partial charge in [-0.1, -0.05) is 0 Å². The molecule has 0 aromatic heterocycles. The molecule has 1 aromatic carbocycles. The second-order valence-corrected chi connectivity index (χ2v) is 6.02. The molecule has 1 aliphatic heterocycles. The van der Waals surface area contributed by atoms with Crippen LogP contribution in [0.2, 0.25) is 0 Å². The number of piperazine rings is 1. The summed E-state index contributed by atoms with van der Waals surface area (Å²) in [5.74, 6) is -0.00794. The lowest BCUT2D eigenvalue weighted by atomic mass is 10.1. The average Bonchev–Trinajstić information content (AvgIpc) is 2.55. The van der Waals surface area contributed by atoms with Crippen molar-refractivity contribution in [1.82, 2.24) is 15.5 Å². The van der Waals surface area contributed by atoms with Crippen molar-refractivity contribution in [2.45, 2.75) is 19.9 Å². The Labute approximate surface area is 158 Å². The number of rotatable bonds is 6. The van der Waals surface area contributed by atoms with E-state index in [0.29, 0.717) is 12.6 Å². The van der Waals surface area contributed by atoms with Gasteiger partial charge in [-0.15, -0.1) is 24.8 Å². The normalized spacial score (nSPS) is 14.8. The van der Waals surface area contributed by atoms with Crippen LogP contribution >= 0.6 is 24.8 Å². The first-order valence-electron chi connectivity index (χ1n) is 8.13. The van der Waals surface area contributed by atoms with Crippen molar-refractivity contribution < 1.29 is 4.79 Å². The Morgan fingerprint density at radius 1 is 1.04 bits per heavy atom. The molecule has 24 heavy (non-hydrogen) atoms. The van der Waals surface area contributed by atoms with Crippen LogP contribution in [-0.4, -0.2) is 63.2 Å². The number of halogens is 2. The lowest BCUT2D eigenvalue weighted by Crippen LogP contribution is -2.48. The van der Waals surface area contributed by atoms with Gasteiger partial charge < -0.3 is 15.5 Å². The third kappa shape index (κ3) is 6.48. The molecule has 1 saturated heterocycles. The smallest absolute Gasteiger partial charge is 0.251 e. The van der Waals surface area contributed by atoms with Crippen LogP contribution in [0, 0.1) is 0 Å². The number of benzene rings is 1. The number of carbonyl (C=O) groups is 1. The fourth-order valence-corrected chi connectivity index (χ4v) is 2.72. The number of likely N-dealkylation sites (N-methyl/N-ethyl adjacent to an activating group) is 1. The minimum absolute atomic E-state index is 0. The summed E-state index contributed by atoms with van der Waals surface area (Å²) in [5, 5.41) is 5.91. The molecule has 0 atom stereocenters. The molecule has 1 amide bonds. The summed E-state index contributed by atoms with van der Waals surface area (Å²) in [5.41, 5.74) is 1.93. The van der Waals surface area contributed by atoms with Crippen molar-refractivity contribution in [3.63, 3.8) is 0 Å². The van der Waals surface area contributed by atoms with Gasteiger partial charge >= 0.3 is 0 Å². The van der Waals surface area contributed by atoms with E-state index in [4.69, 9.17) is 0 Å². The van der Waals surface area contributed by atoms with E-state index in [1.165, 1.54) is 5.69 Å². The molecule has 1 aromatic rings. The van der Waals surface area contributed by atoms with Crippen LogP contribution in [0.15, 0.2) is 24.3 Å². The Kier molecular flexibility index (Phi) is 11.0. The third-order valence-electron chi connectivity index (χ3n) is 4.20. The molecule has 0 unspecified atom stereocenters. The van der Waals surface area contributed by atoms with Crippen molar-refractivity contribution in [2.24, 2.45) is 0 Å². The summed E-state index contributed by atoms with van der Waals surface area (Å²) < 4.78 is 0. The summed E-state index contributed by atoms with van der Waals surface area (Å²) in [7, 11) is 1.87. The molecule has 0 spiro atoms. The number of hydrogen-bond acceptors (Lipinski definition) is 4. The van der Waals surface area contributed by atoms with Crippen LogP contribution in [0.5, 0.6) is 0 Å². The van der Waals surface area contributed by atoms with E-state index in [0.717, 1.165) is 38.3 Å². The van der Waals surface area contributed by atoms with Crippen LogP contribution in [-0.2, 0) is 0 Å². The van der Waals surface area contributed by atoms with Crippen molar-refractivity contribution >= 4 is 36.4 Å². The van der Waals surface area contributed by atoms with Gasteiger partial charge in [0.05, 0.1) is 0 Å². The highest BCUT2D eigenvalue weighted by Crippen LogP contribution is 2.18. The standard InChI is InChI=1S/C17H28N4O.2ClH/c1-14(2)20-10-12-21(13-11-20)16-6-4-15(5-7-16)17(22)19-9-8-18-3;;/h4-7,14,18H,8-13H2,1-3H3,(H,19,22);2*1H. The second kappa shape index (κ2) is 11.5. The number of amides is 1. The van der Waals surface area contributed by atoms with Crippen molar-refractivity contribution in [1.29, 1.82) is 0 Å². The molecule has 7 heteroatoms. The molecule has 2 rings (SSSR count). The molecule has 138 valence electrons. The zero-order valence-corrected chi connectivity index (χ0v) is 16.4. The van der Waals surface area contributed by atoms with Crippen LogP contribution < -0.4 is 15.5 Å². The molecule has 5 nitrogen and oxygen atoms in total. The Bertz CT molecular complexity index is 474. The molecular formula is C17H30Cl2N4O. The summed E-state index contributed by atoms with van der Waals surface area (Å²) in [6.45, 7) is 10.2. The zero-order chi connectivity index (χ0) is 15.9. The maximum Gasteiger partial charge on any atom is 0.251 e. The Morgan fingerprint density at radius 2 is 1.62 bits per heavy atom. The topological polar surface area (TPSA) is 47.6 Å². The monoisotopic (exact) mass is 376 g/mol. The van der Waals surface area contributed by atoms with E-state index < -0.39 is 0 Å². The molecule has 1 aliphatic rings. The average molecular weight is 377 g/mol. The van der Waals surface area contributed by atoms with E-state index in [2.05, 4.69) is 46.4 Å². The van der Waals surface area contributed by atoms with E-state index in [1.54, 1.807) is 0 Å². The molecule has 0 radical (unpaired) electrons. The van der Waals surface area contributed by atoms with Gasteiger partial charge in [0.25, 0.3) is 5.91 Å². The lowest BCUT2D eigenvalue weighted by Gasteiger charge is -2.38. The first kappa shape index (κ1) is 23.0. The summed E-state index contributed by atoms with van der Waals surface area (Å²) in [4.78, 5) is 16.9. The zero-order valence-electron chi connectivity index (χ0n) is 14.7. The summed E-state index contributed by atoms with van der Waals surface area (Å²) in [6, 6.07) is 8.55. The number of hydrogen-bond donors (Lipinski definition) is 2. The Morgan fingerprint density at radius 3 is 2.12 bits per heavy atom. The third-order valence-corrected chi connectivity index (χ3v) is 4.20. The maximum absolute atomic E-state index is 12.0. The first-order valence-corrected chi connectivity index (χ1v) is 8.13. The van der Waals surface area contributed by atoms with Gasteiger partial charge in [-0.25, -0.2) is 0 Å². The van der Waals surface area contributed by atoms with Gasteiger partial charge in [0.2, 0.25) is 0 Å². The maximum atomic E-state index is 12.0. The van der Waals surface area contributed by atoms with Gasteiger partial charge in [0.15, 0.2) is 0 Å². The van der Waals surface area contributed by atoms with Crippen molar-refractivity contribution in [3.8, 4) is 0 Å². The molecule has 1 fully saturated rings. The highest BCUT2D eigenvalue weighted by atomic mass is 35.5. The van der Waals surface area contributed by atoms with Gasteiger partial charge in [-0.3, -0.25) is 9.69 Å². The van der Waals surface area contributed by atoms with Crippen LogP contribution in [0.1, 0.15) is 24.2 Å². The minimum atomic E-state index is -0.00794. The molecule has 1 heterocycles.